The zero-order chi connectivity index (χ0) is 13.8. The Labute approximate surface area is 112 Å². The summed E-state index contributed by atoms with van der Waals surface area (Å²) in [6.07, 6.45) is 3.50. The number of pyridine rings is 1. The molecular formula is C14H18N4O. The third-order valence-electron chi connectivity index (χ3n) is 3.17. The van der Waals surface area contributed by atoms with Crippen LogP contribution in [0.3, 0.4) is 0 Å². The van der Waals surface area contributed by atoms with Gasteiger partial charge in [-0.15, -0.1) is 0 Å². The molecule has 0 fully saturated rings. The number of nitrogens with two attached hydrogens (primary N) is 1. The number of benzene rings is 1. The number of carbonyl (C=O) groups is 1. The van der Waals surface area contributed by atoms with E-state index in [-0.39, 0.29) is 5.91 Å². The molecule has 2 rings (SSSR count). The van der Waals surface area contributed by atoms with Crippen LogP contribution in [0.5, 0.6) is 0 Å². The highest BCUT2D eigenvalue weighted by atomic mass is 16.1. The average Bonchev–Trinajstić information content (AvgIpc) is 2.45. The van der Waals surface area contributed by atoms with E-state index in [0.29, 0.717) is 18.8 Å². The molecule has 1 heterocycles. The minimum Gasteiger partial charge on any atom is -0.397 e. The molecule has 19 heavy (non-hydrogen) atoms. The molecule has 2 aromatic rings. The Kier molecular flexibility index (Phi) is 3.85. The van der Waals surface area contributed by atoms with Gasteiger partial charge in [0.25, 0.3) is 0 Å². The van der Waals surface area contributed by atoms with Crippen molar-refractivity contribution < 1.29 is 4.79 Å². The normalized spacial score (nSPS) is 10.4. The maximum absolute atomic E-state index is 11.5. The Hall–Kier alpha value is -2.30. The van der Waals surface area contributed by atoms with E-state index in [2.05, 4.69) is 10.3 Å². The number of anilines is 2. The lowest BCUT2D eigenvalue weighted by Crippen LogP contribution is -2.35. The largest absolute Gasteiger partial charge is 0.397 e. The Bertz CT molecular complexity index is 597. The van der Waals surface area contributed by atoms with Crippen LogP contribution in [0.2, 0.25) is 0 Å². The van der Waals surface area contributed by atoms with Crippen LogP contribution in [-0.2, 0) is 4.79 Å². The molecule has 0 unspecified atom stereocenters. The minimum absolute atomic E-state index is 0.0314. The number of fused-ring (bicyclic) bond motifs is 1. The number of hydrogen-bond acceptors (Lipinski definition) is 4. The van der Waals surface area contributed by atoms with Crippen LogP contribution < -0.4 is 16.0 Å². The Balaban J connectivity index is 2.43. The van der Waals surface area contributed by atoms with Crippen LogP contribution in [0, 0.1) is 0 Å². The number of hydrogen-bond donors (Lipinski definition) is 2. The first-order valence-corrected chi connectivity index (χ1v) is 6.25. The maximum Gasteiger partial charge on any atom is 0.239 e. The summed E-state index contributed by atoms with van der Waals surface area (Å²) in [6, 6.07) is 5.80. The standard InChI is InChI=1S/C14H18N4O/c1-3-18(9-13(19)16-2)12-5-4-10-8-17-7-6-11(10)14(12)15/h4-8H,3,9,15H2,1-2H3,(H,16,19). The van der Waals surface area contributed by atoms with Crippen LogP contribution in [0.25, 0.3) is 10.8 Å². The number of nitrogens with one attached hydrogen (secondary N) is 1. The van der Waals surface area contributed by atoms with E-state index in [9.17, 15) is 4.79 Å². The van der Waals surface area contributed by atoms with Gasteiger partial charge < -0.3 is 16.0 Å². The molecule has 5 heteroatoms. The third-order valence-corrected chi connectivity index (χ3v) is 3.17. The number of nitrogens with zero attached hydrogens (tertiary/aromatic N) is 2. The second-order valence-corrected chi connectivity index (χ2v) is 4.28. The molecule has 0 spiro atoms. The van der Waals surface area contributed by atoms with Crippen molar-refractivity contribution in [2.24, 2.45) is 0 Å². The van der Waals surface area contributed by atoms with E-state index in [0.717, 1.165) is 16.5 Å². The fraction of sp³-hybridized carbons (Fsp3) is 0.286. The summed E-state index contributed by atoms with van der Waals surface area (Å²) in [5, 5.41) is 4.59. The van der Waals surface area contributed by atoms with Crippen molar-refractivity contribution in [2.75, 3.05) is 30.8 Å². The van der Waals surface area contributed by atoms with Crippen LogP contribution in [0.15, 0.2) is 30.6 Å². The lowest BCUT2D eigenvalue weighted by Gasteiger charge is -2.24. The summed E-state index contributed by atoms with van der Waals surface area (Å²) in [4.78, 5) is 17.6. The first-order chi connectivity index (χ1) is 9.17. The number of rotatable bonds is 4. The van der Waals surface area contributed by atoms with Gasteiger partial charge >= 0.3 is 0 Å². The fourth-order valence-electron chi connectivity index (χ4n) is 2.08. The Morgan fingerprint density at radius 1 is 1.42 bits per heavy atom. The van der Waals surface area contributed by atoms with Crippen LogP contribution in [0.1, 0.15) is 6.92 Å². The monoisotopic (exact) mass is 258 g/mol. The van der Waals surface area contributed by atoms with Crippen molar-refractivity contribution in [3.63, 3.8) is 0 Å². The highest BCUT2D eigenvalue weighted by Gasteiger charge is 2.13. The van der Waals surface area contributed by atoms with E-state index in [4.69, 9.17) is 5.73 Å². The Morgan fingerprint density at radius 2 is 2.21 bits per heavy atom. The van der Waals surface area contributed by atoms with E-state index in [1.54, 1.807) is 19.4 Å². The van der Waals surface area contributed by atoms with Crippen LogP contribution in [0.4, 0.5) is 11.4 Å². The summed E-state index contributed by atoms with van der Waals surface area (Å²) in [5.41, 5.74) is 7.78. The van der Waals surface area contributed by atoms with E-state index < -0.39 is 0 Å². The topological polar surface area (TPSA) is 71.2 Å². The number of aromatic nitrogens is 1. The first kappa shape index (κ1) is 13.1. The van der Waals surface area contributed by atoms with E-state index >= 15 is 0 Å². The smallest absolute Gasteiger partial charge is 0.239 e. The predicted octanol–water partition coefficient (Wildman–Crippen LogP) is 1.39. The van der Waals surface area contributed by atoms with Gasteiger partial charge in [-0.2, -0.15) is 0 Å². The van der Waals surface area contributed by atoms with Crippen molar-refractivity contribution in [1.82, 2.24) is 10.3 Å². The number of amides is 1. The molecule has 1 aromatic carbocycles. The molecule has 1 aromatic heterocycles. The molecule has 0 atom stereocenters. The van der Waals surface area contributed by atoms with Gasteiger partial charge in [0.2, 0.25) is 5.91 Å². The van der Waals surface area contributed by atoms with Crippen molar-refractivity contribution in [3.8, 4) is 0 Å². The molecule has 100 valence electrons. The highest BCUT2D eigenvalue weighted by molar-refractivity contribution is 5.99. The highest BCUT2D eigenvalue weighted by Crippen LogP contribution is 2.30. The summed E-state index contributed by atoms with van der Waals surface area (Å²) in [6.45, 7) is 3.02. The number of nitrogen functional groups attached to an aromatic ring is 1. The molecule has 0 saturated heterocycles. The maximum atomic E-state index is 11.5. The lowest BCUT2D eigenvalue weighted by molar-refractivity contribution is -0.119. The van der Waals surface area contributed by atoms with Gasteiger partial charge in [0, 0.05) is 36.8 Å². The SMILES string of the molecule is CCN(CC(=O)NC)c1ccc2cnccc2c1N. The molecule has 0 saturated carbocycles. The van der Waals surface area contributed by atoms with Crippen LogP contribution >= 0.6 is 0 Å². The van der Waals surface area contributed by atoms with Gasteiger partial charge in [-0.05, 0) is 19.1 Å². The molecule has 0 aliphatic heterocycles. The fourth-order valence-corrected chi connectivity index (χ4v) is 2.08. The van der Waals surface area contributed by atoms with Crippen LogP contribution in [-0.4, -0.2) is 31.0 Å². The second kappa shape index (κ2) is 5.56. The van der Waals surface area contributed by atoms with E-state index in [1.807, 2.05) is 30.0 Å². The van der Waals surface area contributed by atoms with Gasteiger partial charge in [-0.3, -0.25) is 9.78 Å². The van der Waals surface area contributed by atoms with Gasteiger partial charge in [0.05, 0.1) is 17.9 Å². The number of likely N-dealkylation sites (N-methyl/N-ethyl adjacent to an activating group) is 2. The predicted molar refractivity (Wildman–Crippen MR) is 78.1 cm³/mol. The average molecular weight is 258 g/mol. The van der Waals surface area contributed by atoms with Gasteiger partial charge in [0.15, 0.2) is 0 Å². The second-order valence-electron chi connectivity index (χ2n) is 4.28. The van der Waals surface area contributed by atoms with Crippen molar-refractivity contribution in [2.45, 2.75) is 6.92 Å². The zero-order valence-corrected chi connectivity index (χ0v) is 11.2. The molecule has 5 nitrogen and oxygen atoms in total. The zero-order valence-electron chi connectivity index (χ0n) is 11.2. The van der Waals surface area contributed by atoms with Crippen molar-refractivity contribution in [3.05, 3.63) is 30.6 Å². The lowest BCUT2D eigenvalue weighted by atomic mass is 10.1. The molecule has 0 aliphatic rings. The van der Waals surface area contributed by atoms with E-state index in [1.165, 1.54) is 0 Å². The first-order valence-electron chi connectivity index (χ1n) is 6.25. The Morgan fingerprint density at radius 3 is 2.89 bits per heavy atom. The number of carbonyl (C=O) groups excluding carboxylic acids is 1. The molecule has 0 radical (unpaired) electrons. The van der Waals surface area contributed by atoms with Gasteiger partial charge in [-0.25, -0.2) is 0 Å². The summed E-state index contributed by atoms with van der Waals surface area (Å²) in [5.74, 6) is -0.0314. The van der Waals surface area contributed by atoms with Gasteiger partial charge in [0.1, 0.15) is 0 Å². The van der Waals surface area contributed by atoms with Crippen molar-refractivity contribution >= 4 is 28.1 Å². The third kappa shape index (κ3) is 2.59. The molecule has 0 aliphatic carbocycles. The minimum atomic E-state index is -0.0314. The summed E-state index contributed by atoms with van der Waals surface area (Å²) >= 11 is 0. The van der Waals surface area contributed by atoms with Gasteiger partial charge in [-0.1, -0.05) is 6.07 Å². The molecular weight excluding hydrogens is 240 g/mol. The molecule has 1 amide bonds. The molecule has 3 N–H and O–H groups in total. The molecule has 0 bridgehead atoms. The van der Waals surface area contributed by atoms with Crippen molar-refractivity contribution in [1.29, 1.82) is 0 Å². The summed E-state index contributed by atoms with van der Waals surface area (Å²) in [7, 11) is 1.63. The summed E-state index contributed by atoms with van der Waals surface area (Å²) < 4.78 is 0. The quantitative estimate of drug-likeness (QED) is 0.813.